The average molecular weight is 432 g/mol. The van der Waals surface area contributed by atoms with E-state index in [1.807, 2.05) is 0 Å². The van der Waals surface area contributed by atoms with Gasteiger partial charge in [-0.1, -0.05) is 106 Å². The molecule has 0 N–H and O–H groups in total. The number of alkyl halides is 1. The van der Waals surface area contributed by atoms with E-state index in [0.29, 0.717) is 22.6 Å². The summed E-state index contributed by atoms with van der Waals surface area (Å²) in [5, 5.41) is 0. The normalized spacial score (nSPS) is 31.7. The predicted molar refractivity (Wildman–Crippen MR) is 105 cm³/mol. The number of hydrogen-bond donors (Lipinski definition) is 0. The zero-order valence-electron chi connectivity index (χ0n) is 13.3. The van der Waals surface area contributed by atoms with Crippen molar-refractivity contribution in [1.29, 1.82) is 0 Å². The van der Waals surface area contributed by atoms with Gasteiger partial charge in [-0.15, -0.1) is 0 Å². The van der Waals surface area contributed by atoms with Gasteiger partial charge in [0.25, 0.3) is 0 Å². The molecular formula is C21H20Br2. The summed E-state index contributed by atoms with van der Waals surface area (Å²) in [6.45, 7) is 4.87. The van der Waals surface area contributed by atoms with Crippen molar-refractivity contribution in [1.82, 2.24) is 0 Å². The Balaban J connectivity index is 1.87. The van der Waals surface area contributed by atoms with Crippen LogP contribution in [0.1, 0.15) is 30.9 Å². The van der Waals surface area contributed by atoms with Gasteiger partial charge in [-0.2, -0.15) is 0 Å². The molecule has 4 rings (SSSR count). The molecule has 118 valence electrons. The van der Waals surface area contributed by atoms with Crippen molar-refractivity contribution in [2.24, 2.45) is 17.3 Å². The highest BCUT2D eigenvalue weighted by Gasteiger charge is 2.61. The lowest BCUT2D eigenvalue weighted by molar-refractivity contribution is 0.263. The topological polar surface area (TPSA) is 0 Å². The van der Waals surface area contributed by atoms with Crippen LogP contribution in [-0.4, -0.2) is 4.83 Å². The molecule has 2 aliphatic carbocycles. The molecule has 4 atom stereocenters. The van der Waals surface area contributed by atoms with Crippen LogP contribution >= 0.6 is 31.9 Å². The van der Waals surface area contributed by atoms with Crippen LogP contribution in [-0.2, 0) is 0 Å². The average Bonchev–Trinajstić information content (AvgIpc) is 2.93. The molecule has 0 heterocycles. The van der Waals surface area contributed by atoms with Crippen molar-refractivity contribution in [2.45, 2.75) is 24.6 Å². The summed E-state index contributed by atoms with van der Waals surface area (Å²) in [4.78, 5) is 0.493. The molecule has 2 aromatic rings. The molecule has 0 radical (unpaired) electrons. The lowest BCUT2D eigenvalue weighted by Crippen LogP contribution is -2.30. The third-order valence-electron chi connectivity index (χ3n) is 5.73. The van der Waals surface area contributed by atoms with Crippen LogP contribution in [0.2, 0.25) is 0 Å². The van der Waals surface area contributed by atoms with Crippen LogP contribution in [0.5, 0.6) is 0 Å². The minimum Gasteiger partial charge on any atom is -0.0877 e. The second-order valence-corrected chi connectivity index (χ2v) is 9.20. The first-order valence-electron chi connectivity index (χ1n) is 8.17. The van der Waals surface area contributed by atoms with Gasteiger partial charge in [-0.05, 0) is 28.0 Å². The number of fused-ring (bicyclic) bond motifs is 2. The van der Waals surface area contributed by atoms with E-state index in [2.05, 4.69) is 106 Å². The maximum absolute atomic E-state index is 4.05. The van der Waals surface area contributed by atoms with Crippen LogP contribution < -0.4 is 0 Å². The maximum Gasteiger partial charge on any atom is 0.0300 e. The maximum atomic E-state index is 4.05. The number of halogens is 2. The van der Waals surface area contributed by atoms with Gasteiger partial charge >= 0.3 is 0 Å². The van der Waals surface area contributed by atoms with Crippen molar-refractivity contribution < 1.29 is 0 Å². The quantitative estimate of drug-likeness (QED) is 0.468. The summed E-state index contributed by atoms with van der Waals surface area (Å²) >= 11 is 8.03. The molecular weight excluding hydrogens is 412 g/mol. The van der Waals surface area contributed by atoms with Crippen LogP contribution in [0.25, 0.3) is 5.57 Å². The fraction of sp³-hybridized carbons (Fsp3) is 0.333. The van der Waals surface area contributed by atoms with E-state index >= 15 is 0 Å². The van der Waals surface area contributed by atoms with Gasteiger partial charge in [0.2, 0.25) is 0 Å². The van der Waals surface area contributed by atoms with Gasteiger partial charge < -0.3 is 0 Å². The van der Waals surface area contributed by atoms with E-state index in [4.69, 9.17) is 0 Å². The van der Waals surface area contributed by atoms with Crippen molar-refractivity contribution in [3.8, 4) is 0 Å². The summed E-state index contributed by atoms with van der Waals surface area (Å²) in [7, 11) is 0. The number of rotatable bonds is 2. The van der Waals surface area contributed by atoms with Crippen LogP contribution in [0, 0.1) is 17.3 Å². The van der Waals surface area contributed by atoms with E-state index < -0.39 is 0 Å². The second kappa shape index (κ2) is 5.60. The van der Waals surface area contributed by atoms with E-state index in [1.54, 1.807) is 0 Å². The fourth-order valence-corrected chi connectivity index (χ4v) is 7.73. The second-order valence-electron chi connectivity index (χ2n) is 7.29. The SMILES string of the molecule is CC1(C)[C@H](c2ccccc2)[C@@H]2C(Br)=C(c3ccccc3)[C@H]1[C@H]2Br. The lowest BCUT2D eigenvalue weighted by Gasteiger charge is -2.40. The fourth-order valence-electron chi connectivity index (χ4n) is 4.84. The molecule has 1 saturated carbocycles. The Morgan fingerprint density at radius 3 is 2.00 bits per heavy atom. The van der Waals surface area contributed by atoms with E-state index in [1.165, 1.54) is 21.2 Å². The minimum absolute atomic E-state index is 0.225. The molecule has 0 amide bonds. The van der Waals surface area contributed by atoms with Gasteiger partial charge in [0.15, 0.2) is 0 Å². The van der Waals surface area contributed by atoms with Crippen molar-refractivity contribution in [3.05, 3.63) is 76.3 Å². The zero-order valence-corrected chi connectivity index (χ0v) is 16.5. The molecule has 2 aromatic carbocycles. The van der Waals surface area contributed by atoms with E-state index in [0.717, 1.165) is 0 Å². The summed E-state index contributed by atoms with van der Waals surface area (Å²) in [6, 6.07) is 21.9. The lowest BCUT2D eigenvalue weighted by atomic mass is 9.65. The van der Waals surface area contributed by atoms with Gasteiger partial charge in [0.05, 0.1) is 0 Å². The van der Waals surface area contributed by atoms with Crippen molar-refractivity contribution in [2.75, 3.05) is 0 Å². The van der Waals surface area contributed by atoms with Crippen molar-refractivity contribution >= 4 is 37.4 Å². The largest absolute Gasteiger partial charge is 0.0877 e. The van der Waals surface area contributed by atoms with E-state index in [-0.39, 0.29) is 5.41 Å². The molecule has 0 spiro atoms. The highest BCUT2D eigenvalue weighted by Crippen LogP contribution is 2.70. The van der Waals surface area contributed by atoms with Crippen LogP contribution in [0.15, 0.2) is 65.1 Å². The van der Waals surface area contributed by atoms with E-state index in [9.17, 15) is 0 Å². The van der Waals surface area contributed by atoms with Gasteiger partial charge in [-0.25, -0.2) is 0 Å². The summed E-state index contributed by atoms with van der Waals surface area (Å²) in [5.41, 5.74) is 4.53. The first-order chi connectivity index (χ1) is 11.0. The van der Waals surface area contributed by atoms with Gasteiger partial charge in [-0.3, -0.25) is 0 Å². The number of allylic oxidation sites excluding steroid dienone is 2. The standard InChI is InChI=1S/C21H20Br2/c1-21(2)17(14-11-7-4-8-12-14)16-19(22)15(18(21)20(16)23)13-9-5-3-6-10-13/h3-12,16-18,20H,1-2H3/t16-,17-,18+,20+/m1/s1. The Hall–Kier alpha value is -0.860. The molecule has 0 aliphatic heterocycles. The Kier molecular flexibility index (Phi) is 3.81. The van der Waals surface area contributed by atoms with Gasteiger partial charge in [0.1, 0.15) is 0 Å². The highest BCUT2D eigenvalue weighted by atomic mass is 79.9. The molecule has 23 heavy (non-hydrogen) atoms. The molecule has 0 nitrogen and oxygen atoms in total. The molecule has 2 aliphatic rings. The molecule has 0 unspecified atom stereocenters. The highest BCUT2D eigenvalue weighted by molar-refractivity contribution is 9.12. The number of benzene rings is 2. The molecule has 2 bridgehead atoms. The third-order valence-corrected chi connectivity index (χ3v) is 7.78. The van der Waals surface area contributed by atoms with Gasteiger partial charge in [0, 0.05) is 21.1 Å². The molecule has 1 fully saturated rings. The number of hydrogen-bond acceptors (Lipinski definition) is 0. The Bertz CT molecular complexity index is 746. The predicted octanol–water partition coefficient (Wildman–Crippen LogP) is 6.63. The van der Waals surface area contributed by atoms with Crippen LogP contribution in [0.3, 0.4) is 0 Å². The summed E-state index contributed by atoms with van der Waals surface area (Å²) in [6.07, 6.45) is 0. The Morgan fingerprint density at radius 2 is 1.39 bits per heavy atom. The van der Waals surface area contributed by atoms with Crippen molar-refractivity contribution in [3.63, 3.8) is 0 Å². The molecule has 2 heteroatoms. The minimum atomic E-state index is 0.225. The zero-order chi connectivity index (χ0) is 16.2. The van der Waals surface area contributed by atoms with Crippen LogP contribution in [0.4, 0.5) is 0 Å². The summed E-state index contributed by atoms with van der Waals surface area (Å²) in [5.74, 6) is 1.57. The monoisotopic (exact) mass is 430 g/mol. The molecule has 0 saturated heterocycles. The Labute approximate surface area is 155 Å². The molecule has 0 aromatic heterocycles. The smallest absolute Gasteiger partial charge is 0.0300 e. The third kappa shape index (κ3) is 2.21. The Morgan fingerprint density at radius 1 is 0.826 bits per heavy atom. The summed E-state index contributed by atoms with van der Waals surface area (Å²) < 4.78 is 1.39. The first-order valence-corrected chi connectivity index (χ1v) is 9.88. The first kappa shape index (κ1) is 15.7.